The van der Waals surface area contributed by atoms with Crippen LogP contribution in [0.4, 0.5) is 0 Å². The third-order valence-electron chi connectivity index (χ3n) is 2.78. The number of hydrogen-bond acceptors (Lipinski definition) is 6. The molecule has 0 N–H and O–H groups in total. The third kappa shape index (κ3) is 2.43. The first-order chi connectivity index (χ1) is 10.2. The highest BCUT2D eigenvalue weighted by Crippen LogP contribution is 2.40. The average molecular weight is 307 g/mol. The zero-order chi connectivity index (χ0) is 14.8. The number of fused-ring (bicyclic) bond motifs is 1. The Bertz CT molecular complexity index is 768. The lowest BCUT2D eigenvalue weighted by atomic mass is 10.3. The maximum atomic E-state index is 5.96. The first-order valence-electron chi connectivity index (χ1n) is 5.98. The highest BCUT2D eigenvalue weighted by Gasteiger charge is 2.15. The van der Waals surface area contributed by atoms with Gasteiger partial charge < -0.3 is 14.2 Å². The van der Waals surface area contributed by atoms with Crippen LogP contribution in [0.1, 0.15) is 0 Å². The Hall–Kier alpha value is -2.54. The number of aromatic nitrogens is 4. The van der Waals surface area contributed by atoms with Crippen molar-refractivity contribution in [3.05, 3.63) is 35.7 Å². The van der Waals surface area contributed by atoms with Gasteiger partial charge in [-0.1, -0.05) is 17.7 Å². The molecule has 2 aromatic heterocycles. The lowest BCUT2D eigenvalue weighted by Crippen LogP contribution is -2.00. The predicted octanol–water partition coefficient (Wildman–Crippen LogP) is 2.59. The van der Waals surface area contributed by atoms with Gasteiger partial charge in [0.2, 0.25) is 11.6 Å². The first kappa shape index (κ1) is 13.4. The van der Waals surface area contributed by atoms with E-state index in [1.165, 1.54) is 16.9 Å². The van der Waals surface area contributed by atoms with Crippen molar-refractivity contribution < 1.29 is 14.2 Å². The summed E-state index contributed by atoms with van der Waals surface area (Å²) < 4.78 is 17.9. The molecule has 0 radical (unpaired) electrons. The van der Waals surface area contributed by atoms with E-state index < -0.39 is 0 Å². The van der Waals surface area contributed by atoms with Crippen LogP contribution >= 0.6 is 11.6 Å². The first-order valence-corrected chi connectivity index (χ1v) is 6.36. The number of ether oxygens (including phenoxy) is 3. The van der Waals surface area contributed by atoms with E-state index in [-0.39, 0.29) is 5.15 Å². The van der Waals surface area contributed by atoms with Crippen molar-refractivity contribution in [2.24, 2.45) is 0 Å². The van der Waals surface area contributed by atoms with Gasteiger partial charge in [-0.05, 0) is 12.1 Å². The lowest BCUT2D eigenvalue weighted by molar-refractivity contribution is 0.338. The minimum absolute atomic E-state index is 0.249. The van der Waals surface area contributed by atoms with Gasteiger partial charge >= 0.3 is 0 Å². The van der Waals surface area contributed by atoms with E-state index in [1.807, 2.05) is 0 Å². The summed E-state index contributed by atoms with van der Waals surface area (Å²) in [6.07, 6.45) is 1.37. The molecule has 2 heterocycles. The fourth-order valence-corrected chi connectivity index (χ4v) is 2.02. The molecule has 0 aliphatic heterocycles. The molecule has 8 heteroatoms. The van der Waals surface area contributed by atoms with Crippen molar-refractivity contribution in [3.8, 4) is 23.1 Å². The second kappa shape index (κ2) is 5.45. The summed E-state index contributed by atoms with van der Waals surface area (Å²) in [5.74, 6) is 2.16. The van der Waals surface area contributed by atoms with E-state index in [1.54, 1.807) is 32.4 Å². The molecule has 0 aliphatic carbocycles. The second-order valence-electron chi connectivity index (χ2n) is 3.98. The SMILES string of the molecule is COc1cccc(OC)c1Oc1cc(Cl)nc2ncnn12. The molecular weight excluding hydrogens is 296 g/mol. The average Bonchev–Trinajstić information content (AvgIpc) is 2.95. The minimum Gasteiger partial charge on any atom is -0.493 e. The number of benzene rings is 1. The van der Waals surface area contributed by atoms with E-state index in [2.05, 4.69) is 15.1 Å². The molecule has 0 bridgehead atoms. The number of para-hydroxylation sites is 1. The maximum absolute atomic E-state index is 5.96. The van der Waals surface area contributed by atoms with Crippen LogP contribution in [0.3, 0.4) is 0 Å². The Kier molecular flexibility index (Phi) is 3.49. The lowest BCUT2D eigenvalue weighted by Gasteiger charge is -2.14. The monoisotopic (exact) mass is 306 g/mol. The molecule has 0 unspecified atom stereocenters. The van der Waals surface area contributed by atoms with Crippen LogP contribution < -0.4 is 14.2 Å². The Morgan fingerprint density at radius 2 is 1.86 bits per heavy atom. The third-order valence-corrected chi connectivity index (χ3v) is 2.97. The highest BCUT2D eigenvalue weighted by molar-refractivity contribution is 6.29. The molecule has 21 heavy (non-hydrogen) atoms. The molecule has 0 amide bonds. The van der Waals surface area contributed by atoms with Crippen LogP contribution in [0.25, 0.3) is 5.78 Å². The zero-order valence-electron chi connectivity index (χ0n) is 11.3. The standard InChI is InChI=1S/C13H11ClN4O3/c1-19-8-4-3-5-9(20-2)12(8)21-11-6-10(14)17-13-15-7-16-18(11)13/h3-7H,1-2H3. The summed E-state index contributed by atoms with van der Waals surface area (Å²) in [6.45, 7) is 0. The zero-order valence-corrected chi connectivity index (χ0v) is 12.0. The van der Waals surface area contributed by atoms with Gasteiger partial charge in [0.1, 0.15) is 11.5 Å². The molecule has 7 nitrogen and oxygen atoms in total. The smallest absolute Gasteiger partial charge is 0.256 e. The molecule has 0 saturated heterocycles. The summed E-state index contributed by atoms with van der Waals surface area (Å²) in [6, 6.07) is 6.86. The second-order valence-corrected chi connectivity index (χ2v) is 4.37. The van der Waals surface area contributed by atoms with Gasteiger partial charge in [-0.2, -0.15) is 19.6 Å². The quantitative estimate of drug-likeness (QED) is 0.690. The van der Waals surface area contributed by atoms with E-state index in [0.717, 1.165) is 0 Å². The van der Waals surface area contributed by atoms with Gasteiger partial charge in [0.25, 0.3) is 5.78 Å². The molecule has 0 atom stereocenters. The van der Waals surface area contributed by atoms with E-state index in [4.69, 9.17) is 25.8 Å². The van der Waals surface area contributed by atoms with Gasteiger partial charge in [0.15, 0.2) is 11.5 Å². The van der Waals surface area contributed by atoms with Gasteiger partial charge in [-0.25, -0.2) is 0 Å². The Labute approximate surface area is 125 Å². The summed E-state index contributed by atoms with van der Waals surface area (Å²) >= 11 is 5.96. The van der Waals surface area contributed by atoms with Crippen LogP contribution in [0.15, 0.2) is 30.6 Å². The summed E-state index contributed by atoms with van der Waals surface area (Å²) in [4.78, 5) is 8.02. The molecule has 0 aliphatic rings. The highest BCUT2D eigenvalue weighted by atomic mass is 35.5. The van der Waals surface area contributed by atoms with Gasteiger partial charge in [0, 0.05) is 6.07 Å². The molecule has 0 saturated carbocycles. The molecule has 3 aromatic rings. The Balaban J connectivity index is 2.12. The molecule has 108 valence electrons. The van der Waals surface area contributed by atoms with Crippen LogP contribution in [0, 0.1) is 0 Å². The van der Waals surface area contributed by atoms with E-state index >= 15 is 0 Å². The van der Waals surface area contributed by atoms with Crippen molar-refractivity contribution in [3.63, 3.8) is 0 Å². The molecule has 3 rings (SSSR count). The summed E-state index contributed by atoms with van der Waals surface area (Å²) in [7, 11) is 3.10. The largest absolute Gasteiger partial charge is 0.493 e. The van der Waals surface area contributed by atoms with Crippen LogP contribution in [0.2, 0.25) is 5.15 Å². The molecule has 1 aromatic carbocycles. The Morgan fingerprint density at radius 1 is 1.14 bits per heavy atom. The molecule has 0 fully saturated rings. The number of rotatable bonds is 4. The summed E-state index contributed by atoms with van der Waals surface area (Å²) in [5.41, 5.74) is 0. The number of methoxy groups -OCH3 is 2. The molecular formula is C13H11ClN4O3. The van der Waals surface area contributed by atoms with E-state index in [0.29, 0.717) is 28.9 Å². The minimum atomic E-state index is 0.249. The Morgan fingerprint density at radius 3 is 2.52 bits per heavy atom. The number of nitrogens with zero attached hydrogens (tertiary/aromatic N) is 4. The predicted molar refractivity (Wildman–Crippen MR) is 75.4 cm³/mol. The van der Waals surface area contributed by atoms with Crippen molar-refractivity contribution >= 4 is 17.4 Å². The van der Waals surface area contributed by atoms with Gasteiger partial charge in [0.05, 0.1) is 14.2 Å². The molecule has 0 spiro atoms. The van der Waals surface area contributed by atoms with Gasteiger partial charge in [-0.15, -0.1) is 0 Å². The maximum Gasteiger partial charge on any atom is 0.256 e. The van der Waals surface area contributed by atoms with Crippen LogP contribution in [-0.4, -0.2) is 33.8 Å². The van der Waals surface area contributed by atoms with Crippen molar-refractivity contribution in [1.82, 2.24) is 19.6 Å². The van der Waals surface area contributed by atoms with Crippen molar-refractivity contribution in [2.45, 2.75) is 0 Å². The van der Waals surface area contributed by atoms with Crippen molar-refractivity contribution in [2.75, 3.05) is 14.2 Å². The fraction of sp³-hybridized carbons (Fsp3) is 0.154. The normalized spacial score (nSPS) is 10.6. The van der Waals surface area contributed by atoms with Crippen LogP contribution in [-0.2, 0) is 0 Å². The van der Waals surface area contributed by atoms with Crippen molar-refractivity contribution in [1.29, 1.82) is 0 Å². The van der Waals surface area contributed by atoms with Gasteiger partial charge in [-0.3, -0.25) is 0 Å². The topological polar surface area (TPSA) is 70.8 Å². The van der Waals surface area contributed by atoms with Crippen LogP contribution in [0.5, 0.6) is 23.1 Å². The van der Waals surface area contributed by atoms with E-state index in [9.17, 15) is 0 Å². The fourth-order valence-electron chi connectivity index (χ4n) is 1.85. The summed E-state index contributed by atoms with van der Waals surface area (Å²) in [5, 5.41) is 4.29. The number of halogens is 1. The number of hydrogen-bond donors (Lipinski definition) is 0.